The van der Waals surface area contributed by atoms with E-state index in [0.717, 1.165) is 12.8 Å². The molecule has 1 saturated heterocycles. The summed E-state index contributed by atoms with van der Waals surface area (Å²) in [5.74, 6) is -0.992. The van der Waals surface area contributed by atoms with Crippen molar-refractivity contribution in [1.29, 1.82) is 5.26 Å². The van der Waals surface area contributed by atoms with Gasteiger partial charge in [0.1, 0.15) is 5.76 Å². The molecule has 2 heterocycles. The van der Waals surface area contributed by atoms with Gasteiger partial charge in [-0.3, -0.25) is 9.52 Å². The molecule has 2 fully saturated rings. The third-order valence-electron chi connectivity index (χ3n) is 7.41. The molecule has 2 N–H and O–H groups in total. The molecule has 0 radical (unpaired) electrons. The molecule has 10 heteroatoms. The molecule has 3 aliphatic rings. The van der Waals surface area contributed by atoms with Crippen LogP contribution in [0.3, 0.4) is 0 Å². The van der Waals surface area contributed by atoms with Crippen molar-refractivity contribution in [2.24, 2.45) is 5.92 Å². The number of amides is 1. The van der Waals surface area contributed by atoms with Gasteiger partial charge < -0.3 is 14.7 Å². The Morgan fingerprint density at radius 1 is 1.19 bits per heavy atom. The first-order valence-corrected chi connectivity index (χ1v) is 13.7. The molecule has 1 atom stereocenters. The van der Waals surface area contributed by atoms with Crippen molar-refractivity contribution >= 4 is 27.6 Å². The number of nitriles is 1. The summed E-state index contributed by atoms with van der Waals surface area (Å²) in [5, 5.41) is 20.3. The van der Waals surface area contributed by atoms with Crippen LogP contribution in [0.25, 0.3) is 0 Å². The highest BCUT2D eigenvalue weighted by Gasteiger charge is 2.53. The maximum absolute atomic E-state index is 13.1. The van der Waals surface area contributed by atoms with E-state index in [1.807, 2.05) is 12.1 Å². The van der Waals surface area contributed by atoms with Crippen molar-refractivity contribution in [3.8, 4) is 6.07 Å². The molecule has 5 rings (SSSR count). The molecular weight excluding hydrogens is 494 g/mol. The second kappa shape index (κ2) is 9.23. The predicted octanol–water partition coefficient (Wildman–Crippen LogP) is 3.60. The largest absolute Gasteiger partial charge is 0.507 e. The van der Waals surface area contributed by atoms with Gasteiger partial charge >= 0.3 is 5.97 Å². The quantitative estimate of drug-likeness (QED) is 0.554. The molecule has 2 aliphatic heterocycles. The normalized spacial score (nSPS) is 19.9. The lowest BCUT2D eigenvalue weighted by Crippen LogP contribution is -2.47. The standard InChI is InChI=1S/C27H27N3O6S/c1-17(31)30-13-11-27(12-14-30)25(32)24(26(33)36-27)23(19-7-8-19)20-3-2-4-21(15-20)29-37(34,35)22-9-5-18(16-28)6-10-22/h2-6,9-10,15,19,23,29,32H,7-8,11-14H2,1H3. The van der Waals surface area contributed by atoms with Gasteiger partial charge in [-0.05, 0) is 60.7 Å². The number of carbonyl (C=O) groups is 2. The minimum Gasteiger partial charge on any atom is -0.507 e. The lowest BCUT2D eigenvalue weighted by molar-refractivity contribution is -0.153. The third-order valence-corrected chi connectivity index (χ3v) is 8.80. The Kier molecular flexibility index (Phi) is 6.20. The van der Waals surface area contributed by atoms with E-state index in [4.69, 9.17) is 10.00 Å². The van der Waals surface area contributed by atoms with E-state index in [9.17, 15) is 23.1 Å². The summed E-state index contributed by atoms with van der Waals surface area (Å²) in [7, 11) is -3.91. The van der Waals surface area contributed by atoms with Gasteiger partial charge in [0, 0.05) is 44.5 Å². The summed E-state index contributed by atoms with van der Waals surface area (Å²) < 4.78 is 34.2. The molecule has 1 unspecified atom stereocenters. The third kappa shape index (κ3) is 4.67. The van der Waals surface area contributed by atoms with Crippen molar-refractivity contribution in [3.63, 3.8) is 0 Å². The summed E-state index contributed by atoms with van der Waals surface area (Å²) in [5.41, 5.74) is 0.489. The number of benzene rings is 2. The van der Waals surface area contributed by atoms with E-state index >= 15 is 0 Å². The summed E-state index contributed by atoms with van der Waals surface area (Å²) >= 11 is 0. The van der Waals surface area contributed by atoms with Gasteiger partial charge in [0.25, 0.3) is 10.0 Å². The number of nitrogens with one attached hydrogen (secondary N) is 1. The Morgan fingerprint density at radius 3 is 2.46 bits per heavy atom. The number of hydrogen-bond acceptors (Lipinski definition) is 7. The maximum atomic E-state index is 13.1. The van der Waals surface area contributed by atoms with Gasteiger partial charge in [-0.1, -0.05) is 12.1 Å². The number of ether oxygens (including phenoxy) is 1. The summed E-state index contributed by atoms with van der Waals surface area (Å²) in [6.45, 7) is 2.27. The second-order valence-electron chi connectivity index (χ2n) is 9.83. The molecule has 9 nitrogen and oxygen atoms in total. The average molecular weight is 522 g/mol. The van der Waals surface area contributed by atoms with Crippen molar-refractivity contribution in [1.82, 2.24) is 4.90 Å². The van der Waals surface area contributed by atoms with Crippen LogP contribution in [0.5, 0.6) is 0 Å². The Labute approximate surface area is 215 Å². The first kappa shape index (κ1) is 24.8. The van der Waals surface area contributed by atoms with E-state index in [2.05, 4.69) is 4.72 Å². The highest BCUT2D eigenvalue weighted by molar-refractivity contribution is 7.92. The zero-order valence-corrected chi connectivity index (χ0v) is 21.1. The zero-order chi connectivity index (χ0) is 26.4. The van der Waals surface area contributed by atoms with Crippen molar-refractivity contribution in [2.45, 2.75) is 49.0 Å². The number of carbonyl (C=O) groups excluding carboxylic acids is 2. The van der Waals surface area contributed by atoms with E-state index in [1.54, 1.807) is 23.1 Å². The number of anilines is 1. The molecule has 0 aromatic heterocycles. The molecule has 37 heavy (non-hydrogen) atoms. The summed E-state index contributed by atoms with van der Waals surface area (Å²) in [4.78, 5) is 26.5. The number of aliphatic hydroxyl groups excluding tert-OH is 1. The van der Waals surface area contributed by atoms with E-state index in [1.165, 1.54) is 31.2 Å². The fourth-order valence-electron chi connectivity index (χ4n) is 5.24. The van der Waals surface area contributed by atoms with Crippen LogP contribution in [0, 0.1) is 17.2 Å². The second-order valence-corrected chi connectivity index (χ2v) is 11.5. The zero-order valence-electron chi connectivity index (χ0n) is 20.3. The highest BCUT2D eigenvalue weighted by Crippen LogP contribution is 2.52. The van der Waals surface area contributed by atoms with Crippen LogP contribution in [0.2, 0.25) is 0 Å². The number of hydrogen-bond donors (Lipinski definition) is 2. The molecule has 2 aromatic carbocycles. The Bertz CT molecular complexity index is 1430. The van der Waals surface area contributed by atoms with Crippen LogP contribution >= 0.6 is 0 Å². The molecule has 1 saturated carbocycles. The van der Waals surface area contributed by atoms with Gasteiger partial charge in [-0.2, -0.15) is 5.26 Å². The fourth-order valence-corrected chi connectivity index (χ4v) is 6.29. The molecule has 2 aromatic rings. The van der Waals surface area contributed by atoms with Gasteiger partial charge in [0.05, 0.1) is 22.1 Å². The number of piperidine rings is 1. The molecule has 192 valence electrons. The van der Waals surface area contributed by atoms with Crippen molar-refractivity contribution < 1.29 is 27.9 Å². The number of rotatable bonds is 6. The van der Waals surface area contributed by atoms with E-state index in [0.29, 0.717) is 42.7 Å². The molecule has 1 aliphatic carbocycles. The Hall–Kier alpha value is -3.84. The smallest absolute Gasteiger partial charge is 0.339 e. The van der Waals surface area contributed by atoms with Gasteiger partial charge in [0.2, 0.25) is 5.91 Å². The van der Waals surface area contributed by atoms with Crippen LogP contribution in [0.1, 0.15) is 49.7 Å². The Morgan fingerprint density at radius 2 is 1.86 bits per heavy atom. The first-order chi connectivity index (χ1) is 17.6. The van der Waals surface area contributed by atoms with Gasteiger partial charge in [-0.15, -0.1) is 0 Å². The molecule has 1 amide bonds. The van der Waals surface area contributed by atoms with E-state index < -0.39 is 27.5 Å². The number of aliphatic hydroxyl groups is 1. The number of likely N-dealkylation sites (tertiary alicyclic amines) is 1. The van der Waals surface area contributed by atoms with E-state index in [-0.39, 0.29) is 28.1 Å². The highest BCUT2D eigenvalue weighted by atomic mass is 32.2. The first-order valence-electron chi connectivity index (χ1n) is 12.2. The van der Waals surface area contributed by atoms with Crippen LogP contribution in [-0.2, 0) is 24.3 Å². The van der Waals surface area contributed by atoms with Crippen molar-refractivity contribution in [2.75, 3.05) is 17.8 Å². The van der Waals surface area contributed by atoms with Crippen LogP contribution in [-0.4, -0.2) is 49.0 Å². The van der Waals surface area contributed by atoms with Crippen LogP contribution in [0.4, 0.5) is 5.69 Å². The maximum Gasteiger partial charge on any atom is 0.339 e. The number of esters is 1. The monoisotopic (exact) mass is 521 g/mol. The Balaban J connectivity index is 1.44. The SMILES string of the molecule is CC(=O)N1CCC2(CC1)OC(=O)C(C(c1cccc(NS(=O)(=O)c3ccc(C#N)cc3)c1)C1CC1)=C2O. The molecule has 1 spiro atoms. The van der Waals surface area contributed by atoms with Gasteiger partial charge in [-0.25, -0.2) is 13.2 Å². The lowest BCUT2D eigenvalue weighted by Gasteiger charge is -2.37. The molecule has 0 bridgehead atoms. The minimum absolute atomic E-state index is 0.0224. The summed E-state index contributed by atoms with van der Waals surface area (Å²) in [6, 6.07) is 14.4. The number of nitrogens with zero attached hydrogens (tertiary/aromatic N) is 2. The van der Waals surface area contributed by atoms with Gasteiger partial charge in [0.15, 0.2) is 5.60 Å². The van der Waals surface area contributed by atoms with Crippen molar-refractivity contribution in [3.05, 3.63) is 71.0 Å². The summed E-state index contributed by atoms with van der Waals surface area (Å²) in [6.07, 6.45) is 2.41. The average Bonchev–Trinajstić information content (AvgIpc) is 3.68. The van der Waals surface area contributed by atoms with Crippen LogP contribution < -0.4 is 4.72 Å². The minimum atomic E-state index is -3.91. The lowest BCUT2D eigenvalue weighted by atomic mass is 9.82. The predicted molar refractivity (Wildman–Crippen MR) is 134 cm³/mol. The topological polar surface area (TPSA) is 137 Å². The molecular formula is C27H27N3O6S. The van der Waals surface area contributed by atoms with Crippen LogP contribution in [0.15, 0.2) is 64.8 Å². The fraction of sp³-hybridized carbons (Fsp3) is 0.370. The number of sulfonamides is 1.